The second-order valence-corrected chi connectivity index (χ2v) is 13.7. The van der Waals surface area contributed by atoms with E-state index in [2.05, 4.69) is 206 Å². The lowest BCUT2D eigenvalue weighted by molar-refractivity contribution is 0.967. The third-order valence-corrected chi connectivity index (χ3v) is 10.4. The largest absolute Gasteiger partial charge is 0.309 e. The van der Waals surface area contributed by atoms with Crippen molar-refractivity contribution in [3.05, 3.63) is 205 Å². The van der Waals surface area contributed by atoms with Crippen molar-refractivity contribution in [3.63, 3.8) is 0 Å². The highest BCUT2D eigenvalue weighted by atomic mass is 15.0. The van der Waals surface area contributed by atoms with Gasteiger partial charge in [0.2, 0.25) is 0 Å². The molecule has 2 heteroatoms. The van der Waals surface area contributed by atoms with Gasteiger partial charge in [-0.2, -0.15) is 0 Å². The first kappa shape index (κ1) is 31.5. The van der Waals surface area contributed by atoms with E-state index in [-0.39, 0.29) is 5.92 Å². The van der Waals surface area contributed by atoms with Crippen LogP contribution >= 0.6 is 0 Å². The molecule has 0 amide bonds. The molecule has 0 aliphatic rings. The van der Waals surface area contributed by atoms with Gasteiger partial charge in [0.05, 0.1) is 16.7 Å². The van der Waals surface area contributed by atoms with E-state index in [1.54, 1.807) is 0 Å². The van der Waals surface area contributed by atoms with Crippen molar-refractivity contribution in [3.8, 4) is 16.8 Å². The molecular weight excluding hydrogens is 629 g/mol. The van der Waals surface area contributed by atoms with Gasteiger partial charge in [0, 0.05) is 28.1 Å². The zero-order valence-electron chi connectivity index (χ0n) is 29.4. The van der Waals surface area contributed by atoms with Crippen LogP contribution in [0.4, 0.5) is 0 Å². The number of allylic oxidation sites excluding steroid dienone is 1. The fourth-order valence-corrected chi connectivity index (χ4v) is 7.62. The van der Waals surface area contributed by atoms with E-state index in [1.165, 1.54) is 60.0 Å². The molecule has 0 saturated carbocycles. The van der Waals surface area contributed by atoms with Gasteiger partial charge in [0.25, 0.3) is 0 Å². The minimum Gasteiger partial charge on any atom is -0.309 e. The average molecular weight is 667 g/mol. The lowest BCUT2D eigenvalue weighted by Gasteiger charge is -2.12. The summed E-state index contributed by atoms with van der Waals surface area (Å²) in [4.78, 5) is 5.22. The van der Waals surface area contributed by atoms with Crippen LogP contribution in [0.2, 0.25) is 0 Å². The maximum atomic E-state index is 5.22. The molecule has 0 spiro atoms. The molecule has 0 N–H and O–H groups in total. The average Bonchev–Trinajstić information content (AvgIpc) is 3.55. The SMILES string of the molecule is CC(=N/C(=C\C(C)c1ccccc1)c1ccccc1)c1ccc(-n2c3ccccc3c3c4ccc(-c5ccc6ccccc6c5)cc4ccc32)cc1. The van der Waals surface area contributed by atoms with Crippen LogP contribution in [0.1, 0.15) is 36.5 Å². The molecular formula is C50H38N2. The van der Waals surface area contributed by atoms with Crippen LogP contribution in [0.25, 0.3) is 65.9 Å². The number of aliphatic imine (C=N–C) groups is 1. The molecule has 0 aliphatic carbocycles. The Morgan fingerprint density at radius 1 is 0.519 bits per heavy atom. The van der Waals surface area contributed by atoms with E-state index in [9.17, 15) is 0 Å². The summed E-state index contributed by atoms with van der Waals surface area (Å²) in [6, 6.07) is 65.5. The maximum absolute atomic E-state index is 5.22. The Morgan fingerprint density at radius 2 is 1.15 bits per heavy atom. The lowest BCUT2D eigenvalue weighted by Crippen LogP contribution is -1.99. The number of benzene rings is 8. The summed E-state index contributed by atoms with van der Waals surface area (Å²) in [5, 5.41) is 7.57. The Labute approximate surface area is 304 Å². The summed E-state index contributed by atoms with van der Waals surface area (Å²) in [5.74, 6) is 0.229. The smallest absolute Gasteiger partial charge is 0.0671 e. The van der Waals surface area contributed by atoms with E-state index >= 15 is 0 Å². The highest BCUT2D eigenvalue weighted by Crippen LogP contribution is 2.38. The van der Waals surface area contributed by atoms with Crippen LogP contribution in [-0.4, -0.2) is 10.3 Å². The van der Waals surface area contributed by atoms with Crippen LogP contribution in [0, 0.1) is 0 Å². The normalized spacial score (nSPS) is 13.0. The van der Waals surface area contributed by atoms with Crippen molar-refractivity contribution < 1.29 is 0 Å². The molecule has 1 aromatic heterocycles. The van der Waals surface area contributed by atoms with E-state index in [0.717, 1.165) is 28.2 Å². The zero-order valence-corrected chi connectivity index (χ0v) is 29.4. The van der Waals surface area contributed by atoms with Crippen molar-refractivity contribution in [2.24, 2.45) is 4.99 Å². The first-order valence-corrected chi connectivity index (χ1v) is 18.0. The maximum Gasteiger partial charge on any atom is 0.0671 e. The molecule has 1 heterocycles. The zero-order chi connectivity index (χ0) is 35.0. The summed E-state index contributed by atoms with van der Waals surface area (Å²) < 4.78 is 2.40. The Hall–Kier alpha value is -6.51. The Kier molecular flexibility index (Phi) is 8.06. The third kappa shape index (κ3) is 5.79. The number of nitrogens with zero attached hydrogens (tertiary/aromatic N) is 2. The van der Waals surface area contributed by atoms with Crippen LogP contribution in [0.3, 0.4) is 0 Å². The molecule has 1 atom stereocenters. The molecule has 0 saturated heterocycles. The lowest BCUT2D eigenvalue weighted by atomic mass is 9.97. The Morgan fingerprint density at radius 3 is 1.94 bits per heavy atom. The van der Waals surface area contributed by atoms with Crippen molar-refractivity contribution in [1.29, 1.82) is 0 Å². The number of hydrogen-bond donors (Lipinski definition) is 0. The van der Waals surface area contributed by atoms with Gasteiger partial charge in [0.1, 0.15) is 0 Å². The molecule has 1 unspecified atom stereocenters. The molecule has 2 nitrogen and oxygen atoms in total. The van der Waals surface area contributed by atoms with E-state index in [0.29, 0.717) is 0 Å². The van der Waals surface area contributed by atoms with Gasteiger partial charge < -0.3 is 4.57 Å². The second-order valence-electron chi connectivity index (χ2n) is 13.7. The Balaban J connectivity index is 1.10. The van der Waals surface area contributed by atoms with Gasteiger partial charge in [-0.05, 0) is 92.7 Å². The van der Waals surface area contributed by atoms with Gasteiger partial charge in [-0.25, -0.2) is 0 Å². The van der Waals surface area contributed by atoms with Crippen molar-refractivity contribution in [1.82, 2.24) is 4.57 Å². The van der Waals surface area contributed by atoms with E-state index in [1.807, 2.05) is 0 Å². The number of hydrogen-bond acceptors (Lipinski definition) is 1. The molecule has 8 aromatic carbocycles. The summed E-state index contributed by atoms with van der Waals surface area (Å²) in [6.07, 6.45) is 2.27. The molecule has 0 aliphatic heterocycles. The fourth-order valence-electron chi connectivity index (χ4n) is 7.62. The van der Waals surface area contributed by atoms with Crippen LogP contribution in [0.15, 0.2) is 193 Å². The first-order valence-electron chi connectivity index (χ1n) is 18.0. The number of para-hydroxylation sites is 1. The number of fused-ring (bicyclic) bond motifs is 6. The van der Waals surface area contributed by atoms with Crippen molar-refractivity contribution in [2.45, 2.75) is 19.8 Å². The fraction of sp³-hybridized carbons (Fsp3) is 0.0600. The van der Waals surface area contributed by atoms with Crippen LogP contribution in [-0.2, 0) is 0 Å². The molecule has 9 rings (SSSR count). The summed E-state index contributed by atoms with van der Waals surface area (Å²) in [5.41, 5.74) is 11.5. The molecule has 0 fully saturated rings. The summed E-state index contributed by atoms with van der Waals surface area (Å²) in [7, 11) is 0. The molecule has 9 aromatic rings. The minimum atomic E-state index is 0.229. The predicted octanol–water partition coefficient (Wildman–Crippen LogP) is 13.4. The van der Waals surface area contributed by atoms with E-state index < -0.39 is 0 Å². The van der Waals surface area contributed by atoms with Gasteiger partial charge >= 0.3 is 0 Å². The predicted molar refractivity (Wildman–Crippen MR) is 223 cm³/mol. The third-order valence-electron chi connectivity index (χ3n) is 10.4. The molecule has 0 bridgehead atoms. The molecule has 248 valence electrons. The Bertz CT molecular complexity index is 2790. The second kappa shape index (κ2) is 13.3. The van der Waals surface area contributed by atoms with Crippen LogP contribution in [0.5, 0.6) is 0 Å². The summed E-state index contributed by atoms with van der Waals surface area (Å²) in [6.45, 7) is 4.34. The van der Waals surface area contributed by atoms with Gasteiger partial charge in [-0.3, -0.25) is 4.99 Å². The van der Waals surface area contributed by atoms with E-state index in [4.69, 9.17) is 4.99 Å². The quantitative estimate of drug-likeness (QED) is 0.151. The minimum absolute atomic E-state index is 0.229. The number of rotatable bonds is 7. The van der Waals surface area contributed by atoms with Gasteiger partial charge in [-0.15, -0.1) is 0 Å². The summed E-state index contributed by atoms with van der Waals surface area (Å²) >= 11 is 0. The van der Waals surface area contributed by atoms with Crippen molar-refractivity contribution >= 4 is 54.8 Å². The molecule has 52 heavy (non-hydrogen) atoms. The standard InChI is InChI=1S/C50H38N2/c1-34(36-13-5-3-6-14-36)31-47(39-16-7-4-8-17-39)51-35(2)37-23-27-44(28-24-37)52-48-20-12-11-19-46(48)50-45-29-25-42(33-43(45)26-30-49(50)52)41-22-21-38-15-9-10-18-40(38)32-41/h3-34H,1-2H3/b47-31-,51-35?. The first-order chi connectivity index (χ1) is 25.6. The topological polar surface area (TPSA) is 17.3 Å². The highest BCUT2D eigenvalue weighted by Gasteiger charge is 2.16. The van der Waals surface area contributed by atoms with Crippen molar-refractivity contribution in [2.75, 3.05) is 0 Å². The van der Waals surface area contributed by atoms with Crippen LogP contribution < -0.4 is 0 Å². The van der Waals surface area contributed by atoms with Gasteiger partial charge in [0.15, 0.2) is 0 Å². The molecule has 0 radical (unpaired) electrons. The highest BCUT2D eigenvalue weighted by molar-refractivity contribution is 6.21. The van der Waals surface area contributed by atoms with Gasteiger partial charge in [-0.1, -0.05) is 159 Å². The number of aromatic nitrogens is 1. The monoisotopic (exact) mass is 666 g/mol.